The van der Waals surface area contributed by atoms with Crippen molar-refractivity contribution in [2.45, 2.75) is 44.6 Å². The molecule has 0 aliphatic carbocycles. The molecule has 38 heavy (non-hydrogen) atoms. The van der Waals surface area contributed by atoms with E-state index in [1.54, 1.807) is 0 Å². The Morgan fingerprint density at radius 1 is 1.05 bits per heavy atom. The van der Waals surface area contributed by atoms with Gasteiger partial charge in [-0.2, -0.15) is 26.3 Å². The standard InChI is InChI=1S/C18H31N3O3.2C2HF3O2/c1-3-22-9-6-21-10-16(18-17(11-21)19-14-20(18)2)13-24-12-15-4-7-23-8-5-15;2*3-2(4,5)1(6)7/h14-16H,3-13H2,1-2H3;2*(H,6,7). The topological polar surface area (TPSA) is 123 Å². The fraction of sp³-hybridized carbons (Fsp3) is 0.773. The Balaban J connectivity index is 0.000000426. The molecule has 0 aromatic carbocycles. The molecule has 0 saturated carbocycles. The average molecular weight is 566 g/mol. The molecule has 1 aromatic heterocycles. The highest BCUT2D eigenvalue weighted by Crippen LogP contribution is 2.28. The Labute approximate surface area is 215 Å². The molecule has 3 rings (SSSR count). The lowest BCUT2D eigenvalue weighted by molar-refractivity contribution is -0.193. The van der Waals surface area contributed by atoms with Crippen LogP contribution in [0.5, 0.6) is 0 Å². The number of aliphatic carboxylic acids is 2. The Morgan fingerprint density at radius 3 is 2.11 bits per heavy atom. The Bertz CT molecular complexity index is 833. The summed E-state index contributed by atoms with van der Waals surface area (Å²) in [6.45, 7) is 9.89. The maximum atomic E-state index is 10.6. The molecule has 1 fully saturated rings. The van der Waals surface area contributed by atoms with Crippen molar-refractivity contribution >= 4 is 11.9 Å². The minimum atomic E-state index is -5.08. The van der Waals surface area contributed by atoms with Crippen LogP contribution in [0.3, 0.4) is 0 Å². The van der Waals surface area contributed by atoms with E-state index in [1.165, 1.54) is 11.4 Å². The molecule has 0 bridgehead atoms. The lowest BCUT2D eigenvalue weighted by Gasteiger charge is -2.33. The van der Waals surface area contributed by atoms with Crippen LogP contribution in [0, 0.1) is 5.92 Å². The van der Waals surface area contributed by atoms with Crippen molar-refractivity contribution in [3.05, 3.63) is 17.7 Å². The van der Waals surface area contributed by atoms with Crippen molar-refractivity contribution in [1.82, 2.24) is 14.5 Å². The third kappa shape index (κ3) is 12.4. The third-order valence-electron chi connectivity index (χ3n) is 5.56. The number of rotatable bonds is 8. The van der Waals surface area contributed by atoms with Gasteiger partial charge >= 0.3 is 24.3 Å². The van der Waals surface area contributed by atoms with Crippen molar-refractivity contribution < 1.29 is 60.4 Å². The highest BCUT2D eigenvalue weighted by Gasteiger charge is 2.39. The first kappa shape index (κ1) is 33.6. The number of aryl methyl sites for hydroxylation is 1. The lowest BCUT2D eigenvalue weighted by atomic mass is 9.98. The molecule has 1 saturated heterocycles. The van der Waals surface area contributed by atoms with Crippen LogP contribution in [0.25, 0.3) is 0 Å². The SMILES string of the molecule is CCOCCN1Cc2ncn(C)c2C(COCC2CCOCC2)C1.O=C(O)C(F)(F)F.O=C(O)C(F)(F)F. The maximum absolute atomic E-state index is 10.6. The molecule has 2 aliphatic heterocycles. The molecule has 2 N–H and O–H groups in total. The average Bonchev–Trinajstić information content (AvgIpc) is 3.20. The molecule has 0 amide bonds. The molecule has 220 valence electrons. The molecule has 1 aromatic rings. The fourth-order valence-electron chi connectivity index (χ4n) is 3.74. The van der Waals surface area contributed by atoms with E-state index in [4.69, 9.17) is 34.0 Å². The summed E-state index contributed by atoms with van der Waals surface area (Å²) in [5, 5.41) is 14.2. The Hall–Kier alpha value is -2.43. The van der Waals surface area contributed by atoms with Gasteiger partial charge in [0.2, 0.25) is 0 Å². The molecular weight excluding hydrogens is 532 g/mol. The smallest absolute Gasteiger partial charge is 0.475 e. The van der Waals surface area contributed by atoms with Gasteiger partial charge in [-0.15, -0.1) is 0 Å². The van der Waals surface area contributed by atoms with Crippen LogP contribution >= 0.6 is 0 Å². The van der Waals surface area contributed by atoms with Crippen LogP contribution in [-0.4, -0.2) is 102 Å². The second-order valence-electron chi connectivity index (χ2n) is 8.52. The number of ether oxygens (including phenoxy) is 3. The number of hydrogen-bond donors (Lipinski definition) is 2. The van der Waals surface area contributed by atoms with Gasteiger partial charge in [-0.05, 0) is 25.7 Å². The second kappa shape index (κ2) is 15.9. The largest absolute Gasteiger partial charge is 0.490 e. The van der Waals surface area contributed by atoms with Gasteiger partial charge in [-0.25, -0.2) is 14.6 Å². The van der Waals surface area contributed by atoms with Crippen molar-refractivity contribution in [1.29, 1.82) is 0 Å². The summed E-state index contributed by atoms with van der Waals surface area (Å²) in [6, 6.07) is 0. The quantitative estimate of drug-likeness (QED) is 0.362. The van der Waals surface area contributed by atoms with Gasteiger partial charge in [0.05, 0.1) is 25.2 Å². The van der Waals surface area contributed by atoms with E-state index in [-0.39, 0.29) is 0 Å². The van der Waals surface area contributed by atoms with Gasteiger partial charge < -0.3 is 29.0 Å². The zero-order valence-corrected chi connectivity index (χ0v) is 21.1. The van der Waals surface area contributed by atoms with E-state index >= 15 is 0 Å². The number of aromatic nitrogens is 2. The third-order valence-corrected chi connectivity index (χ3v) is 5.56. The van der Waals surface area contributed by atoms with Crippen molar-refractivity contribution in [3.63, 3.8) is 0 Å². The molecule has 10 nitrogen and oxygen atoms in total. The summed E-state index contributed by atoms with van der Waals surface area (Å²) >= 11 is 0. The predicted octanol–water partition coefficient (Wildman–Crippen LogP) is 3.07. The lowest BCUT2D eigenvalue weighted by Crippen LogP contribution is -2.38. The minimum Gasteiger partial charge on any atom is -0.475 e. The number of fused-ring (bicyclic) bond motifs is 1. The van der Waals surface area contributed by atoms with E-state index in [9.17, 15) is 26.3 Å². The van der Waals surface area contributed by atoms with Crippen LogP contribution in [0.2, 0.25) is 0 Å². The summed E-state index contributed by atoms with van der Waals surface area (Å²) in [5.74, 6) is -4.47. The summed E-state index contributed by atoms with van der Waals surface area (Å²) in [7, 11) is 2.09. The van der Waals surface area contributed by atoms with E-state index < -0.39 is 24.3 Å². The summed E-state index contributed by atoms with van der Waals surface area (Å²) in [5.41, 5.74) is 2.54. The molecule has 1 unspecified atom stereocenters. The summed E-state index contributed by atoms with van der Waals surface area (Å²) in [6.07, 6.45) is -5.98. The van der Waals surface area contributed by atoms with Crippen molar-refractivity contribution in [2.75, 3.05) is 52.7 Å². The summed E-state index contributed by atoms with van der Waals surface area (Å²) < 4.78 is 82.7. The van der Waals surface area contributed by atoms with Gasteiger partial charge in [0, 0.05) is 64.7 Å². The molecule has 0 radical (unpaired) electrons. The number of nitrogens with zero attached hydrogens (tertiary/aromatic N) is 3. The van der Waals surface area contributed by atoms with E-state index in [1.807, 2.05) is 13.3 Å². The highest BCUT2D eigenvalue weighted by molar-refractivity contribution is 5.73. The van der Waals surface area contributed by atoms with Crippen LogP contribution < -0.4 is 0 Å². The van der Waals surface area contributed by atoms with Crippen LogP contribution in [0.1, 0.15) is 37.1 Å². The first-order chi connectivity index (χ1) is 17.7. The fourth-order valence-corrected chi connectivity index (χ4v) is 3.74. The van der Waals surface area contributed by atoms with Crippen molar-refractivity contribution in [2.24, 2.45) is 13.0 Å². The Kier molecular flexibility index (Phi) is 14.0. The number of carboxylic acid groups (broad SMARTS) is 2. The van der Waals surface area contributed by atoms with Crippen LogP contribution in [0.15, 0.2) is 6.33 Å². The molecular formula is C22H33F6N3O7. The Morgan fingerprint density at radius 2 is 1.61 bits per heavy atom. The van der Waals surface area contributed by atoms with Crippen molar-refractivity contribution in [3.8, 4) is 0 Å². The number of imidazole rings is 1. The monoisotopic (exact) mass is 565 g/mol. The normalized spacial score (nSPS) is 18.5. The first-order valence-electron chi connectivity index (χ1n) is 11.7. The number of halogens is 6. The molecule has 2 aliphatic rings. The predicted molar refractivity (Wildman–Crippen MR) is 119 cm³/mol. The van der Waals surface area contributed by atoms with Gasteiger partial charge in [0.1, 0.15) is 0 Å². The zero-order valence-electron chi connectivity index (χ0n) is 21.1. The zero-order chi connectivity index (χ0) is 28.9. The molecule has 3 heterocycles. The second-order valence-corrected chi connectivity index (χ2v) is 8.52. The number of alkyl halides is 6. The van der Waals surface area contributed by atoms with Gasteiger partial charge in [0.25, 0.3) is 0 Å². The molecule has 16 heteroatoms. The molecule has 0 spiro atoms. The van der Waals surface area contributed by atoms with Gasteiger partial charge in [-0.1, -0.05) is 0 Å². The van der Waals surface area contributed by atoms with E-state index in [2.05, 4.69) is 21.5 Å². The number of hydrogen-bond acceptors (Lipinski definition) is 7. The molecule has 1 atom stereocenters. The van der Waals surface area contributed by atoms with E-state index in [0.29, 0.717) is 11.8 Å². The number of carboxylic acids is 2. The maximum Gasteiger partial charge on any atom is 0.490 e. The minimum absolute atomic E-state index is 0.391. The van der Waals surface area contributed by atoms with Gasteiger partial charge in [0.15, 0.2) is 0 Å². The van der Waals surface area contributed by atoms with Crippen LogP contribution in [0.4, 0.5) is 26.3 Å². The van der Waals surface area contributed by atoms with Crippen LogP contribution in [-0.2, 0) is 37.4 Å². The highest BCUT2D eigenvalue weighted by atomic mass is 19.4. The van der Waals surface area contributed by atoms with Gasteiger partial charge in [-0.3, -0.25) is 4.90 Å². The number of carbonyl (C=O) groups is 2. The summed E-state index contributed by atoms with van der Waals surface area (Å²) in [4.78, 5) is 24.8. The van der Waals surface area contributed by atoms with E-state index in [0.717, 1.165) is 72.1 Å². The first-order valence-corrected chi connectivity index (χ1v) is 11.7.